The summed E-state index contributed by atoms with van der Waals surface area (Å²) in [6.07, 6.45) is 0. The minimum absolute atomic E-state index is 0.0795. The number of nitrogens with two attached hydrogens (primary N) is 1. The van der Waals surface area contributed by atoms with Gasteiger partial charge in [0.05, 0.1) is 16.0 Å². The molecule has 0 aliphatic heterocycles. The van der Waals surface area contributed by atoms with Crippen LogP contribution in [0.15, 0.2) is 40.6 Å². The van der Waals surface area contributed by atoms with Crippen LogP contribution < -0.4 is 10.5 Å². The van der Waals surface area contributed by atoms with Crippen molar-refractivity contribution in [2.45, 2.75) is 17.9 Å². The maximum atomic E-state index is 12.3. The average Bonchev–Trinajstić information content (AvgIpc) is 2.91. The third-order valence-corrected chi connectivity index (χ3v) is 5.94. The van der Waals surface area contributed by atoms with Crippen LogP contribution in [0.4, 0.5) is 0 Å². The van der Waals surface area contributed by atoms with E-state index in [0.29, 0.717) is 5.56 Å². The van der Waals surface area contributed by atoms with Crippen molar-refractivity contribution in [2.24, 2.45) is 5.73 Å². The second-order valence-corrected chi connectivity index (χ2v) is 7.90. The van der Waals surface area contributed by atoms with Crippen molar-refractivity contribution in [2.75, 3.05) is 0 Å². The summed E-state index contributed by atoms with van der Waals surface area (Å²) in [4.78, 5) is 1.14. The number of rotatable bonds is 5. The van der Waals surface area contributed by atoms with E-state index >= 15 is 0 Å². The third kappa shape index (κ3) is 3.81. The van der Waals surface area contributed by atoms with E-state index in [2.05, 4.69) is 4.72 Å². The highest BCUT2D eigenvalue weighted by atomic mass is 35.5. The fourth-order valence-electron chi connectivity index (χ4n) is 1.76. The highest BCUT2D eigenvalue weighted by molar-refractivity contribution is 7.89. The Morgan fingerprint density at radius 2 is 2.14 bits per heavy atom. The Bertz CT molecular complexity index is 758. The van der Waals surface area contributed by atoms with Crippen LogP contribution in [-0.4, -0.2) is 13.4 Å². The van der Waals surface area contributed by atoms with Crippen LogP contribution in [0.3, 0.4) is 0 Å². The molecule has 0 aliphatic rings. The zero-order chi connectivity index (χ0) is 15.6. The molecule has 4 nitrogen and oxygen atoms in total. The molecule has 0 fully saturated rings. The van der Waals surface area contributed by atoms with Gasteiger partial charge in [-0.2, -0.15) is 0 Å². The minimum Gasteiger partial charge on any atom is -0.389 e. The van der Waals surface area contributed by atoms with Gasteiger partial charge in [-0.1, -0.05) is 29.9 Å². The van der Waals surface area contributed by atoms with Crippen LogP contribution in [0.25, 0.3) is 0 Å². The Balaban J connectivity index is 2.28. The van der Waals surface area contributed by atoms with Crippen molar-refractivity contribution in [3.8, 4) is 0 Å². The molecule has 0 amide bonds. The molecule has 0 saturated carbocycles. The van der Waals surface area contributed by atoms with Crippen LogP contribution in [0.5, 0.6) is 0 Å². The van der Waals surface area contributed by atoms with Crippen molar-refractivity contribution >= 4 is 50.2 Å². The summed E-state index contributed by atoms with van der Waals surface area (Å²) in [5.74, 6) is 0. The summed E-state index contributed by atoms with van der Waals surface area (Å²) in [7, 11) is -3.66. The largest absolute Gasteiger partial charge is 0.389 e. The Morgan fingerprint density at radius 3 is 2.67 bits per heavy atom. The molecule has 0 spiro atoms. The Kier molecular flexibility index (Phi) is 5.00. The predicted molar refractivity (Wildman–Crippen MR) is 90.4 cm³/mol. The maximum Gasteiger partial charge on any atom is 0.241 e. The summed E-state index contributed by atoms with van der Waals surface area (Å²) in [5.41, 5.74) is 5.96. The second-order valence-electron chi connectivity index (χ2n) is 4.36. The standard InChI is InChI=1S/C13H13ClN2O2S3/c1-8(12-3-2-6-20-12)16-21(17,18)9-4-5-10(13(15)19)11(14)7-9/h2-8,16H,1H3,(H2,15,19). The number of thiocarbonyl (C=S) groups is 1. The lowest BCUT2D eigenvalue weighted by atomic mass is 10.2. The number of benzene rings is 1. The number of nitrogens with one attached hydrogen (secondary N) is 1. The van der Waals surface area contributed by atoms with Gasteiger partial charge in [0.2, 0.25) is 10.0 Å². The van der Waals surface area contributed by atoms with Crippen molar-refractivity contribution in [3.63, 3.8) is 0 Å². The molecule has 2 rings (SSSR count). The monoisotopic (exact) mass is 360 g/mol. The first-order valence-corrected chi connectivity index (χ1v) is 9.11. The Morgan fingerprint density at radius 1 is 1.43 bits per heavy atom. The molecule has 0 radical (unpaired) electrons. The van der Waals surface area contributed by atoms with Gasteiger partial charge in [-0.3, -0.25) is 0 Å². The molecule has 0 bridgehead atoms. The van der Waals surface area contributed by atoms with Gasteiger partial charge in [0.1, 0.15) is 4.99 Å². The van der Waals surface area contributed by atoms with Gasteiger partial charge in [0.15, 0.2) is 0 Å². The first kappa shape index (κ1) is 16.4. The van der Waals surface area contributed by atoms with E-state index in [1.807, 2.05) is 17.5 Å². The molecule has 0 saturated heterocycles. The van der Waals surface area contributed by atoms with E-state index in [4.69, 9.17) is 29.6 Å². The zero-order valence-corrected chi connectivity index (χ0v) is 14.2. The van der Waals surface area contributed by atoms with Crippen molar-refractivity contribution in [1.29, 1.82) is 0 Å². The first-order valence-electron chi connectivity index (χ1n) is 5.96. The van der Waals surface area contributed by atoms with Crippen LogP contribution in [0.2, 0.25) is 5.02 Å². The number of halogens is 1. The van der Waals surface area contributed by atoms with Gasteiger partial charge >= 0.3 is 0 Å². The highest BCUT2D eigenvalue weighted by Gasteiger charge is 2.20. The zero-order valence-electron chi connectivity index (χ0n) is 11.0. The van der Waals surface area contributed by atoms with Gasteiger partial charge < -0.3 is 5.73 Å². The lowest BCUT2D eigenvalue weighted by molar-refractivity contribution is 0.568. The Labute approximate surface area is 138 Å². The fourth-order valence-corrected chi connectivity index (χ4v) is 4.40. The molecule has 1 aromatic carbocycles. The molecular weight excluding hydrogens is 348 g/mol. The maximum absolute atomic E-state index is 12.3. The van der Waals surface area contributed by atoms with Crippen molar-refractivity contribution in [3.05, 3.63) is 51.2 Å². The minimum atomic E-state index is -3.66. The van der Waals surface area contributed by atoms with E-state index < -0.39 is 10.0 Å². The molecule has 0 aliphatic carbocycles. The van der Waals surface area contributed by atoms with E-state index in [9.17, 15) is 8.42 Å². The van der Waals surface area contributed by atoms with Crippen LogP contribution in [0.1, 0.15) is 23.4 Å². The summed E-state index contributed by atoms with van der Waals surface area (Å²) < 4.78 is 27.3. The van der Waals surface area contributed by atoms with Gasteiger partial charge in [-0.05, 0) is 36.6 Å². The van der Waals surface area contributed by atoms with E-state index in [-0.39, 0.29) is 20.9 Å². The molecule has 112 valence electrons. The summed E-state index contributed by atoms with van der Waals surface area (Å²) in [5, 5.41) is 2.11. The molecule has 1 unspecified atom stereocenters. The second kappa shape index (κ2) is 6.41. The molecule has 1 atom stereocenters. The van der Waals surface area contributed by atoms with Gasteiger partial charge in [-0.15, -0.1) is 11.3 Å². The molecule has 8 heteroatoms. The SMILES string of the molecule is CC(NS(=O)(=O)c1ccc(C(N)=S)c(Cl)c1)c1cccs1. The molecule has 1 heterocycles. The number of thiophene rings is 1. The van der Waals surface area contributed by atoms with Crippen molar-refractivity contribution < 1.29 is 8.42 Å². The van der Waals surface area contributed by atoms with Crippen LogP contribution >= 0.6 is 35.2 Å². The van der Waals surface area contributed by atoms with Crippen LogP contribution in [-0.2, 0) is 10.0 Å². The molecule has 21 heavy (non-hydrogen) atoms. The Hall–Kier alpha value is -0.990. The normalized spacial score (nSPS) is 13.0. The fraction of sp³-hybridized carbons (Fsp3) is 0.154. The third-order valence-electron chi connectivity index (χ3n) is 2.82. The quantitative estimate of drug-likeness (QED) is 0.804. The lowest BCUT2D eigenvalue weighted by Gasteiger charge is -2.13. The summed E-state index contributed by atoms with van der Waals surface area (Å²) in [6.45, 7) is 1.79. The van der Waals surface area contributed by atoms with E-state index in [1.54, 1.807) is 6.92 Å². The average molecular weight is 361 g/mol. The van der Waals surface area contributed by atoms with E-state index in [1.165, 1.54) is 29.5 Å². The molecular formula is C13H13ClN2O2S3. The lowest BCUT2D eigenvalue weighted by Crippen LogP contribution is -2.26. The number of sulfonamides is 1. The first-order chi connectivity index (χ1) is 9.81. The van der Waals surface area contributed by atoms with Gasteiger partial charge in [0.25, 0.3) is 0 Å². The van der Waals surface area contributed by atoms with Gasteiger partial charge in [-0.25, -0.2) is 13.1 Å². The summed E-state index contributed by atoms with van der Waals surface area (Å²) >= 11 is 12.3. The van der Waals surface area contributed by atoms with Crippen molar-refractivity contribution in [1.82, 2.24) is 4.72 Å². The molecule has 3 N–H and O–H groups in total. The molecule has 1 aromatic heterocycles. The number of hydrogen-bond donors (Lipinski definition) is 2. The smallest absolute Gasteiger partial charge is 0.241 e. The highest BCUT2D eigenvalue weighted by Crippen LogP contribution is 2.24. The molecule has 2 aromatic rings. The predicted octanol–water partition coefficient (Wildman–Crippen LogP) is 3.08. The number of hydrogen-bond acceptors (Lipinski definition) is 4. The van der Waals surface area contributed by atoms with E-state index in [0.717, 1.165) is 4.88 Å². The topological polar surface area (TPSA) is 72.2 Å². The van der Waals surface area contributed by atoms with Crippen LogP contribution in [0, 0.1) is 0 Å². The van der Waals surface area contributed by atoms with Gasteiger partial charge in [0, 0.05) is 10.4 Å². The summed E-state index contributed by atoms with van der Waals surface area (Å²) in [6, 6.07) is 7.72.